The van der Waals surface area contributed by atoms with Crippen LogP contribution >= 0.6 is 0 Å². The molecule has 0 radical (unpaired) electrons. The summed E-state index contributed by atoms with van der Waals surface area (Å²) in [5.41, 5.74) is 7.94. The van der Waals surface area contributed by atoms with E-state index in [1.54, 1.807) is 38.5 Å². The second-order valence-electron chi connectivity index (χ2n) is 17.4. The van der Waals surface area contributed by atoms with E-state index in [2.05, 4.69) is 75.2 Å². The Labute approximate surface area is 373 Å². The maximum absolute atomic E-state index is 12.9. The number of fused-ring (bicyclic) bond motifs is 4. The normalized spacial score (nSPS) is 20.3. The Morgan fingerprint density at radius 1 is 0.703 bits per heavy atom. The summed E-state index contributed by atoms with van der Waals surface area (Å²) in [6.07, 6.45) is 8.13. The number of carbonyl (C=O) groups is 2. The Bertz CT molecular complexity index is 2550. The number of amides is 2. The summed E-state index contributed by atoms with van der Waals surface area (Å²) in [7, 11) is 7.62. The number of carbonyl (C=O) groups excluding carboxylic acids is 2. The number of aryl methyl sites for hydroxylation is 2. The van der Waals surface area contributed by atoms with Crippen LogP contribution in [0.5, 0.6) is 23.0 Å². The van der Waals surface area contributed by atoms with Gasteiger partial charge in [0, 0.05) is 50.4 Å². The Balaban J connectivity index is 0.000000162. The van der Waals surface area contributed by atoms with Crippen molar-refractivity contribution >= 4 is 33.9 Å². The molecule has 14 nitrogen and oxygen atoms in total. The highest BCUT2D eigenvalue weighted by molar-refractivity contribution is 5.95. The molecule has 4 aliphatic rings. The lowest BCUT2D eigenvalue weighted by atomic mass is 9.85. The summed E-state index contributed by atoms with van der Waals surface area (Å²) >= 11 is 0. The number of aromatic amines is 1. The number of ether oxygens (including phenoxy) is 6. The van der Waals surface area contributed by atoms with Gasteiger partial charge in [-0.25, -0.2) is 14.5 Å². The molecule has 2 amide bonds. The molecule has 336 valence electrons. The van der Waals surface area contributed by atoms with Crippen LogP contribution in [-0.4, -0.2) is 79.1 Å². The van der Waals surface area contributed by atoms with Crippen molar-refractivity contribution in [3.63, 3.8) is 0 Å². The highest BCUT2D eigenvalue weighted by atomic mass is 16.6. The molecule has 4 aromatic carbocycles. The molecule has 2 saturated carbocycles. The third-order valence-electron chi connectivity index (χ3n) is 13.0. The monoisotopic (exact) mass is 871 g/mol. The van der Waals surface area contributed by atoms with E-state index in [9.17, 15) is 9.59 Å². The SMILES string of the molecule is COCc1ccc2c(c1)[nH]c(C1CCCC(NC(=O)c3ccc4c(c3)OCCO4)C1)[n+]2C.COCc1ccc2nc(C3CCCC(NC(=O)c4ccc5c(c4)OCCO5)C3)n(C)c2c1. The molecule has 2 aromatic heterocycles. The summed E-state index contributed by atoms with van der Waals surface area (Å²) in [6, 6.07) is 23.7. The topological polar surface area (TPSA) is 151 Å². The van der Waals surface area contributed by atoms with Crippen LogP contribution in [-0.2, 0) is 36.8 Å². The van der Waals surface area contributed by atoms with E-state index < -0.39 is 0 Å². The van der Waals surface area contributed by atoms with Gasteiger partial charge < -0.3 is 43.6 Å². The Hall–Kier alpha value is -6.12. The molecule has 6 aromatic rings. The molecule has 2 fully saturated rings. The van der Waals surface area contributed by atoms with Gasteiger partial charge in [-0.15, -0.1) is 0 Å². The van der Waals surface area contributed by atoms with Crippen LogP contribution in [0.2, 0.25) is 0 Å². The van der Waals surface area contributed by atoms with Gasteiger partial charge in [-0.2, -0.15) is 0 Å². The first-order valence-corrected chi connectivity index (χ1v) is 22.6. The Morgan fingerprint density at radius 2 is 1.25 bits per heavy atom. The molecule has 4 heterocycles. The highest BCUT2D eigenvalue weighted by Gasteiger charge is 2.32. The third kappa shape index (κ3) is 9.39. The zero-order chi connectivity index (χ0) is 44.2. The van der Waals surface area contributed by atoms with Crippen LogP contribution in [0.1, 0.15) is 107 Å². The molecule has 0 bridgehead atoms. The van der Waals surface area contributed by atoms with Crippen LogP contribution in [0.25, 0.3) is 22.1 Å². The van der Waals surface area contributed by atoms with Crippen LogP contribution < -0.4 is 34.1 Å². The predicted molar refractivity (Wildman–Crippen MR) is 241 cm³/mol. The molecule has 3 N–H and O–H groups in total. The minimum Gasteiger partial charge on any atom is -0.486 e. The van der Waals surface area contributed by atoms with Gasteiger partial charge in [0.05, 0.1) is 37.2 Å². The minimum atomic E-state index is -0.0677. The molecular weight excluding hydrogens is 813 g/mol. The predicted octanol–water partition coefficient (Wildman–Crippen LogP) is 7.31. The number of hydrogen-bond donors (Lipinski definition) is 3. The maximum Gasteiger partial charge on any atom is 0.258 e. The average molecular weight is 872 g/mol. The number of hydrogen-bond acceptors (Lipinski definition) is 9. The van der Waals surface area contributed by atoms with Crippen LogP contribution in [0.3, 0.4) is 0 Å². The van der Waals surface area contributed by atoms with Crippen molar-refractivity contribution in [2.75, 3.05) is 40.6 Å². The summed E-state index contributed by atoms with van der Waals surface area (Å²) in [5.74, 6) is 5.54. The van der Waals surface area contributed by atoms with Crippen molar-refractivity contribution in [2.45, 2.75) is 88.5 Å². The number of nitrogens with one attached hydrogen (secondary N) is 3. The zero-order valence-corrected chi connectivity index (χ0v) is 37.2. The number of imidazole rings is 2. The molecule has 14 heteroatoms. The summed E-state index contributed by atoms with van der Waals surface area (Å²) in [5, 5.41) is 6.48. The first-order chi connectivity index (χ1) is 31.2. The van der Waals surface area contributed by atoms with E-state index in [0.29, 0.717) is 85.6 Å². The van der Waals surface area contributed by atoms with Gasteiger partial charge in [0.15, 0.2) is 34.0 Å². The van der Waals surface area contributed by atoms with Crippen LogP contribution in [0, 0.1) is 0 Å². The second-order valence-corrected chi connectivity index (χ2v) is 17.4. The molecule has 0 spiro atoms. The third-order valence-corrected chi connectivity index (χ3v) is 13.0. The highest BCUT2D eigenvalue weighted by Crippen LogP contribution is 2.36. The van der Waals surface area contributed by atoms with Gasteiger partial charge in [0.1, 0.15) is 32.3 Å². The largest absolute Gasteiger partial charge is 0.486 e. The summed E-state index contributed by atoms with van der Waals surface area (Å²) < 4.78 is 37.4. The summed E-state index contributed by atoms with van der Waals surface area (Å²) in [4.78, 5) is 34.4. The van der Waals surface area contributed by atoms with E-state index in [-0.39, 0.29) is 23.9 Å². The number of H-pyrrole nitrogens is 1. The number of methoxy groups -OCH3 is 2. The second kappa shape index (κ2) is 19.3. The van der Waals surface area contributed by atoms with Gasteiger partial charge in [0.25, 0.3) is 17.6 Å². The lowest BCUT2D eigenvalue weighted by Gasteiger charge is -2.29. The quantitative estimate of drug-likeness (QED) is 0.120. The lowest BCUT2D eigenvalue weighted by molar-refractivity contribution is -0.654. The first kappa shape index (κ1) is 43.1. The summed E-state index contributed by atoms with van der Waals surface area (Å²) in [6.45, 7) is 3.29. The molecule has 10 rings (SSSR count). The van der Waals surface area contributed by atoms with Gasteiger partial charge in [-0.05, 0) is 110 Å². The van der Waals surface area contributed by atoms with E-state index in [1.165, 1.54) is 11.3 Å². The number of benzene rings is 4. The van der Waals surface area contributed by atoms with Gasteiger partial charge in [-0.3, -0.25) is 9.59 Å². The van der Waals surface area contributed by atoms with Gasteiger partial charge in [0.2, 0.25) is 0 Å². The van der Waals surface area contributed by atoms with E-state index >= 15 is 0 Å². The fourth-order valence-electron chi connectivity index (χ4n) is 9.87. The number of nitrogens with zero attached hydrogens (tertiary/aromatic N) is 3. The van der Waals surface area contributed by atoms with E-state index in [0.717, 1.165) is 84.9 Å². The van der Waals surface area contributed by atoms with Crippen molar-refractivity contribution < 1.29 is 42.6 Å². The zero-order valence-electron chi connectivity index (χ0n) is 37.2. The molecule has 4 unspecified atom stereocenters. The average Bonchev–Trinajstić information content (AvgIpc) is 3.84. The van der Waals surface area contributed by atoms with Crippen LogP contribution in [0.15, 0.2) is 72.8 Å². The molecule has 4 atom stereocenters. The standard InChI is InChI=1S/2C25H29N3O4/c1-28-21-8-6-16(15-30-2)12-20(21)27-24(28)17-4-3-5-19(13-17)26-25(29)18-7-9-22-23(14-18)32-11-10-31-22;1-28-21-12-16(15-30-2)6-8-20(21)27-24(28)17-4-3-5-19(13-17)26-25(29)18-7-9-22-23(14-18)32-11-10-31-22/h2*6-9,12,14,17,19H,3-5,10-11,13,15H2,1-2H3,(H,26,29)/p+1. The molecular formula is C50H59N6O8+. The van der Waals surface area contributed by atoms with E-state index in [4.69, 9.17) is 33.4 Å². The fraction of sp³-hybridized carbons (Fsp3) is 0.440. The molecule has 2 aliphatic carbocycles. The van der Waals surface area contributed by atoms with Gasteiger partial charge in [-0.1, -0.05) is 25.0 Å². The molecule has 2 aliphatic heterocycles. The van der Waals surface area contributed by atoms with Crippen LogP contribution in [0.4, 0.5) is 0 Å². The number of rotatable bonds is 10. The Morgan fingerprint density at radius 3 is 1.86 bits per heavy atom. The molecule has 64 heavy (non-hydrogen) atoms. The van der Waals surface area contributed by atoms with Crippen molar-refractivity contribution in [3.8, 4) is 23.0 Å². The van der Waals surface area contributed by atoms with Crippen molar-refractivity contribution in [1.29, 1.82) is 0 Å². The van der Waals surface area contributed by atoms with Gasteiger partial charge >= 0.3 is 0 Å². The smallest absolute Gasteiger partial charge is 0.258 e. The molecule has 0 saturated heterocycles. The van der Waals surface area contributed by atoms with Crippen molar-refractivity contribution in [3.05, 3.63) is 107 Å². The number of aromatic nitrogens is 4. The van der Waals surface area contributed by atoms with Crippen molar-refractivity contribution in [1.82, 2.24) is 25.2 Å². The first-order valence-electron chi connectivity index (χ1n) is 22.6. The Kier molecular flexibility index (Phi) is 13.0. The lowest BCUT2D eigenvalue weighted by Crippen LogP contribution is -2.41. The maximum atomic E-state index is 12.9. The fourth-order valence-corrected chi connectivity index (χ4v) is 9.87. The minimum absolute atomic E-state index is 0.0575. The van der Waals surface area contributed by atoms with Crippen molar-refractivity contribution in [2.24, 2.45) is 14.1 Å². The van der Waals surface area contributed by atoms with E-state index in [1.807, 2.05) is 12.1 Å².